The summed E-state index contributed by atoms with van der Waals surface area (Å²) in [6.45, 7) is 0.656. The lowest BCUT2D eigenvalue weighted by Crippen LogP contribution is -2.31. The minimum Gasteiger partial charge on any atom is -0.359 e. The number of methoxy groups -OCH3 is 2. The molecule has 1 aliphatic heterocycles. The van der Waals surface area contributed by atoms with E-state index in [2.05, 4.69) is 0 Å². The number of rotatable bonds is 4. The zero-order valence-corrected chi connectivity index (χ0v) is 8.40. The molecule has 1 unspecified atom stereocenters. The fourth-order valence-corrected chi connectivity index (χ4v) is 1.71. The van der Waals surface area contributed by atoms with Crippen LogP contribution in [0.15, 0.2) is 30.3 Å². The van der Waals surface area contributed by atoms with Crippen molar-refractivity contribution in [3.63, 3.8) is 0 Å². The highest BCUT2D eigenvalue weighted by Crippen LogP contribution is 2.43. The van der Waals surface area contributed by atoms with Crippen LogP contribution in [0.3, 0.4) is 0 Å². The summed E-state index contributed by atoms with van der Waals surface area (Å²) in [4.78, 5) is 0. The Morgan fingerprint density at radius 1 is 1.21 bits per heavy atom. The van der Waals surface area contributed by atoms with E-state index in [1.807, 2.05) is 30.3 Å². The smallest absolute Gasteiger partial charge is 0.192 e. The molecule has 0 amide bonds. The second-order valence-corrected chi connectivity index (χ2v) is 3.35. The van der Waals surface area contributed by atoms with Gasteiger partial charge in [0.15, 0.2) is 11.9 Å². The number of hydrogen-bond acceptors (Lipinski definition) is 3. The quantitative estimate of drug-likeness (QED) is 0.538. The molecular formula is C11H14O3. The van der Waals surface area contributed by atoms with Crippen LogP contribution in [0, 0.1) is 0 Å². The van der Waals surface area contributed by atoms with Gasteiger partial charge in [0.1, 0.15) is 0 Å². The van der Waals surface area contributed by atoms with E-state index in [0.717, 1.165) is 5.56 Å². The summed E-state index contributed by atoms with van der Waals surface area (Å²) in [7, 11) is 3.25. The van der Waals surface area contributed by atoms with Crippen molar-refractivity contribution in [2.24, 2.45) is 0 Å². The fraction of sp³-hybridized carbons (Fsp3) is 0.455. The number of hydrogen-bond donors (Lipinski definition) is 0. The van der Waals surface area contributed by atoms with Crippen molar-refractivity contribution >= 4 is 0 Å². The van der Waals surface area contributed by atoms with E-state index in [4.69, 9.17) is 14.2 Å². The summed E-state index contributed by atoms with van der Waals surface area (Å²) in [5.74, 6) is 0. The summed E-state index contributed by atoms with van der Waals surface area (Å²) in [6.07, 6.45) is -0.329. The fourth-order valence-electron chi connectivity index (χ4n) is 1.71. The van der Waals surface area contributed by atoms with Gasteiger partial charge >= 0.3 is 0 Å². The molecule has 0 saturated carbocycles. The van der Waals surface area contributed by atoms with Crippen molar-refractivity contribution < 1.29 is 14.2 Å². The molecule has 0 aliphatic carbocycles. The molecule has 0 spiro atoms. The highest BCUT2D eigenvalue weighted by Gasteiger charge is 2.54. The summed E-state index contributed by atoms with van der Waals surface area (Å²) < 4.78 is 15.9. The van der Waals surface area contributed by atoms with Crippen LogP contribution in [-0.4, -0.2) is 27.1 Å². The summed E-state index contributed by atoms with van der Waals surface area (Å²) in [5.41, 5.74) is 0.721. The molecule has 1 heterocycles. The summed E-state index contributed by atoms with van der Waals surface area (Å²) in [5, 5.41) is 0. The van der Waals surface area contributed by atoms with Gasteiger partial charge in [0.05, 0.1) is 6.61 Å². The van der Waals surface area contributed by atoms with Gasteiger partial charge in [-0.2, -0.15) is 0 Å². The van der Waals surface area contributed by atoms with Gasteiger partial charge in [-0.3, -0.25) is 0 Å². The van der Waals surface area contributed by atoms with Crippen LogP contribution in [0.1, 0.15) is 5.56 Å². The summed E-state index contributed by atoms with van der Waals surface area (Å²) in [6, 6.07) is 10.0. The van der Waals surface area contributed by atoms with Crippen molar-refractivity contribution in [2.75, 3.05) is 20.8 Å². The first-order valence-corrected chi connectivity index (χ1v) is 4.58. The Kier molecular flexibility index (Phi) is 2.54. The zero-order chi connectivity index (χ0) is 10.0. The number of benzene rings is 1. The molecule has 0 radical (unpaired) electrons. The molecular weight excluding hydrogens is 180 g/mol. The van der Waals surface area contributed by atoms with Crippen LogP contribution in [0.2, 0.25) is 0 Å². The highest BCUT2D eigenvalue weighted by molar-refractivity contribution is 5.27. The van der Waals surface area contributed by atoms with E-state index in [0.29, 0.717) is 6.61 Å². The lowest BCUT2D eigenvalue weighted by Gasteiger charge is -2.21. The molecule has 1 aromatic rings. The zero-order valence-electron chi connectivity index (χ0n) is 8.40. The Morgan fingerprint density at radius 3 is 2.21 bits per heavy atom. The monoisotopic (exact) mass is 194 g/mol. The van der Waals surface area contributed by atoms with Gasteiger partial charge < -0.3 is 14.2 Å². The Morgan fingerprint density at radius 2 is 1.79 bits per heavy atom. The SMILES string of the molecule is COC(OC)C1(c2ccccc2)CO1. The van der Waals surface area contributed by atoms with Gasteiger partial charge in [0.25, 0.3) is 0 Å². The third-order valence-corrected chi connectivity index (χ3v) is 2.53. The molecule has 76 valence electrons. The second-order valence-electron chi connectivity index (χ2n) is 3.35. The third-order valence-electron chi connectivity index (χ3n) is 2.53. The van der Waals surface area contributed by atoms with Crippen molar-refractivity contribution in [3.8, 4) is 0 Å². The van der Waals surface area contributed by atoms with Crippen LogP contribution in [0.4, 0.5) is 0 Å². The van der Waals surface area contributed by atoms with Crippen LogP contribution >= 0.6 is 0 Å². The van der Waals surface area contributed by atoms with Crippen molar-refractivity contribution in [2.45, 2.75) is 11.9 Å². The molecule has 1 aliphatic rings. The van der Waals surface area contributed by atoms with Gasteiger partial charge in [-0.25, -0.2) is 0 Å². The van der Waals surface area contributed by atoms with E-state index >= 15 is 0 Å². The van der Waals surface area contributed by atoms with Crippen LogP contribution in [0.5, 0.6) is 0 Å². The topological polar surface area (TPSA) is 31.0 Å². The van der Waals surface area contributed by atoms with Gasteiger partial charge in [0, 0.05) is 14.2 Å². The van der Waals surface area contributed by atoms with E-state index in [-0.39, 0.29) is 11.9 Å². The van der Waals surface area contributed by atoms with E-state index < -0.39 is 0 Å². The molecule has 3 heteroatoms. The number of ether oxygens (including phenoxy) is 3. The minimum atomic E-state index is -0.384. The predicted octanol–water partition coefficient (Wildman–Crippen LogP) is 1.53. The highest BCUT2D eigenvalue weighted by atomic mass is 16.7. The molecule has 0 N–H and O–H groups in total. The van der Waals surface area contributed by atoms with Crippen molar-refractivity contribution in [1.29, 1.82) is 0 Å². The molecule has 1 saturated heterocycles. The number of epoxide rings is 1. The Labute approximate surface area is 83.6 Å². The molecule has 1 atom stereocenters. The summed E-state index contributed by atoms with van der Waals surface area (Å²) >= 11 is 0. The minimum absolute atomic E-state index is 0.329. The normalized spacial score (nSPS) is 25.4. The maximum atomic E-state index is 5.48. The lowest BCUT2D eigenvalue weighted by atomic mass is 9.99. The van der Waals surface area contributed by atoms with Gasteiger partial charge in [-0.1, -0.05) is 30.3 Å². The molecule has 1 fully saturated rings. The van der Waals surface area contributed by atoms with Gasteiger partial charge in [0.2, 0.25) is 0 Å². The molecule has 0 aromatic heterocycles. The largest absolute Gasteiger partial charge is 0.359 e. The molecule has 0 bridgehead atoms. The van der Waals surface area contributed by atoms with Gasteiger partial charge in [-0.05, 0) is 5.56 Å². The first-order valence-electron chi connectivity index (χ1n) is 4.58. The van der Waals surface area contributed by atoms with E-state index in [9.17, 15) is 0 Å². The molecule has 2 rings (SSSR count). The third kappa shape index (κ3) is 1.43. The maximum Gasteiger partial charge on any atom is 0.192 e. The van der Waals surface area contributed by atoms with Crippen molar-refractivity contribution in [1.82, 2.24) is 0 Å². The lowest BCUT2D eigenvalue weighted by molar-refractivity contribution is -0.148. The first-order chi connectivity index (χ1) is 6.83. The van der Waals surface area contributed by atoms with E-state index in [1.165, 1.54) is 0 Å². The maximum absolute atomic E-state index is 5.48. The average molecular weight is 194 g/mol. The predicted molar refractivity (Wildman–Crippen MR) is 51.9 cm³/mol. The Hall–Kier alpha value is -0.900. The molecule has 3 nitrogen and oxygen atoms in total. The Balaban J connectivity index is 2.25. The van der Waals surface area contributed by atoms with Crippen molar-refractivity contribution in [3.05, 3.63) is 35.9 Å². The Bertz CT molecular complexity index is 289. The first kappa shape index (κ1) is 9.65. The standard InChI is InChI=1S/C11H14O3/c1-12-10(13-2)11(8-14-11)9-6-4-3-5-7-9/h3-7,10H,8H2,1-2H3. The van der Waals surface area contributed by atoms with Crippen LogP contribution < -0.4 is 0 Å². The molecule has 1 aromatic carbocycles. The average Bonchev–Trinajstić information content (AvgIpc) is 3.03. The molecule has 14 heavy (non-hydrogen) atoms. The second kappa shape index (κ2) is 3.69. The van der Waals surface area contributed by atoms with E-state index in [1.54, 1.807) is 14.2 Å². The van der Waals surface area contributed by atoms with Gasteiger partial charge in [-0.15, -0.1) is 0 Å². The van der Waals surface area contributed by atoms with Crippen LogP contribution in [-0.2, 0) is 19.8 Å². The van der Waals surface area contributed by atoms with Crippen LogP contribution in [0.25, 0.3) is 0 Å².